The molecule has 0 radical (unpaired) electrons. The largest absolute Gasteiger partial charge is 0.364 e. The number of halogens is 1. The number of ether oxygens (including phenoxy) is 1. The Labute approximate surface area is 79.9 Å². The fourth-order valence-electron chi connectivity index (χ4n) is 1.98. The highest BCUT2D eigenvalue weighted by atomic mass is 79.9. The Kier molecular flexibility index (Phi) is 1.38. The molecular formula is C10H9BrO. The van der Waals surface area contributed by atoms with Crippen LogP contribution < -0.4 is 0 Å². The van der Waals surface area contributed by atoms with Gasteiger partial charge in [-0.2, -0.15) is 0 Å². The normalized spacial score (nSPS) is 36.9. The second-order valence-electron chi connectivity index (χ2n) is 3.43. The second kappa shape index (κ2) is 2.33. The van der Waals surface area contributed by atoms with Crippen molar-refractivity contribution in [1.82, 2.24) is 0 Å². The second-order valence-corrected chi connectivity index (χ2v) is 4.53. The van der Waals surface area contributed by atoms with Crippen molar-refractivity contribution < 1.29 is 4.74 Å². The first kappa shape index (κ1) is 7.10. The number of benzene rings is 1. The molecule has 1 aromatic carbocycles. The molecule has 1 nitrogen and oxygen atoms in total. The van der Waals surface area contributed by atoms with Crippen LogP contribution in [0.25, 0.3) is 0 Å². The molecule has 0 saturated carbocycles. The van der Waals surface area contributed by atoms with Crippen molar-refractivity contribution in [1.29, 1.82) is 0 Å². The van der Waals surface area contributed by atoms with Gasteiger partial charge in [-0.15, -0.1) is 0 Å². The Hall–Kier alpha value is -0.340. The lowest BCUT2D eigenvalue weighted by Crippen LogP contribution is -2.06. The van der Waals surface area contributed by atoms with E-state index in [1.165, 1.54) is 11.1 Å². The van der Waals surface area contributed by atoms with E-state index in [2.05, 4.69) is 40.2 Å². The highest BCUT2D eigenvalue weighted by Crippen LogP contribution is 2.52. The summed E-state index contributed by atoms with van der Waals surface area (Å²) in [6.45, 7) is 0. The van der Waals surface area contributed by atoms with Gasteiger partial charge in [0.05, 0.1) is 6.10 Å². The SMILES string of the molecule is BrC1C[C@@H]2O[C@@H]2c2ccccc21. The van der Waals surface area contributed by atoms with E-state index >= 15 is 0 Å². The number of alkyl halides is 1. The molecule has 3 atom stereocenters. The number of hydrogen-bond donors (Lipinski definition) is 0. The van der Waals surface area contributed by atoms with E-state index in [9.17, 15) is 0 Å². The molecule has 12 heavy (non-hydrogen) atoms. The predicted molar refractivity (Wildman–Crippen MR) is 50.3 cm³/mol. The smallest absolute Gasteiger partial charge is 0.110 e. The molecule has 1 unspecified atom stereocenters. The topological polar surface area (TPSA) is 12.5 Å². The van der Waals surface area contributed by atoms with Crippen molar-refractivity contribution in [2.45, 2.75) is 23.5 Å². The third-order valence-corrected chi connectivity index (χ3v) is 3.53. The molecule has 62 valence electrons. The molecule has 1 heterocycles. The van der Waals surface area contributed by atoms with Crippen LogP contribution in [0.1, 0.15) is 28.5 Å². The fraction of sp³-hybridized carbons (Fsp3) is 0.400. The van der Waals surface area contributed by atoms with Gasteiger partial charge in [-0.1, -0.05) is 40.2 Å². The Balaban J connectivity index is 2.15. The molecule has 0 spiro atoms. The van der Waals surface area contributed by atoms with Crippen LogP contribution in [0.5, 0.6) is 0 Å². The number of hydrogen-bond acceptors (Lipinski definition) is 1. The molecule has 0 bridgehead atoms. The minimum absolute atomic E-state index is 0.412. The first-order valence-corrected chi connectivity index (χ1v) is 5.16. The molecule has 1 aliphatic heterocycles. The van der Waals surface area contributed by atoms with Gasteiger partial charge in [0, 0.05) is 4.83 Å². The van der Waals surface area contributed by atoms with Crippen molar-refractivity contribution in [2.24, 2.45) is 0 Å². The zero-order chi connectivity index (χ0) is 8.13. The van der Waals surface area contributed by atoms with Crippen LogP contribution >= 0.6 is 15.9 Å². The summed E-state index contributed by atoms with van der Waals surface area (Å²) in [6, 6.07) is 8.54. The maximum absolute atomic E-state index is 5.54. The highest BCUT2D eigenvalue weighted by Gasteiger charge is 2.46. The van der Waals surface area contributed by atoms with Gasteiger partial charge in [-0.05, 0) is 17.5 Å². The van der Waals surface area contributed by atoms with Gasteiger partial charge in [0.2, 0.25) is 0 Å². The van der Waals surface area contributed by atoms with Crippen LogP contribution in [0, 0.1) is 0 Å². The number of rotatable bonds is 0. The number of fused-ring (bicyclic) bond motifs is 3. The lowest BCUT2D eigenvalue weighted by atomic mass is 9.92. The Morgan fingerprint density at radius 3 is 2.83 bits per heavy atom. The van der Waals surface area contributed by atoms with E-state index in [4.69, 9.17) is 4.74 Å². The third-order valence-electron chi connectivity index (χ3n) is 2.66. The molecule has 1 aliphatic carbocycles. The van der Waals surface area contributed by atoms with Crippen LogP contribution in [0.4, 0.5) is 0 Å². The first-order chi connectivity index (χ1) is 5.86. The molecule has 3 rings (SSSR count). The lowest BCUT2D eigenvalue weighted by molar-refractivity contribution is 0.372. The van der Waals surface area contributed by atoms with Gasteiger partial charge in [0.15, 0.2) is 0 Å². The third kappa shape index (κ3) is 0.882. The summed E-state index contributed by atoms with van der Waals surface area (Å²) in [5.41, 5.74) is 2.80. The van der Waals surface area contributed by atoms with Crippen LogP contribution in [0.15, 0.2) is 24.3 Å². The first-order valence-electron chi connectivity index (χ1n) is 4.24. The highest BCUT2D eigenvalue weighted by molar-refractivity contribution is 9.09. The average molecular weight is 225 g/mol. The Morgan fingerprint density at radius 1 is 1.25 bits per heavy atom. The summed E-state index contributed by atoms with van der Waals surface area (Å²) in [5.74, 6) is 0. The summed E-state index contributed by atoms with van der Waals surface area (Å²) in [4.78, 5) is 0.498. The summed E-state index contributed by atoms with van der Waals surface area (Å²) in [5, 5.41) is 0. The van der Waals surface area contributed by atoms with E-state index in [-0.39, 0.29) is 0 Å². The van der Waals surface area contributed by atoms with Crippen molar-refractivity contribution in [2.75, 3.05) is 0 Å². The van der Waals surface area contributed by atoms with E-state index < -0.39 is 0 Å². The van der Waals surface area contributed by atoms with Crippen molar-refractivity contribution in [3.05, 3.63) is 35.4 Å². The standard InChI is InChI=1S/C10H9BrO/c11-8-5-9-10(12-9)7-4-2-1-3-6(7)8/h1-4,8-10H,5H2/t8?,9-,10+/m0/s1. The Morgan fingerprint density at radius 2 is 2.00 bits per heavy atom. The van der Waals surface area contributed by atoms with Crippen LogP contribution in [-0.4, -0.2) is 6.10 Å². The maximum atomic E-state index is 5.54. The van der Waals surface area contributed by atoms with Gasteiger partial charge in [0.25, 0.3) is 0 Å². The minimum Gasteiger partial charge on any atom is -0.364 e. The van der Waals surface area contributed by atoms with Crippen molar-refractivity contribution in [3.63, 3.8) is 0 Å². The molecule has 0 amide bonds. The molecule has 1 saturated heterocycles. The summed E-state index contributed by atoms with van der Waals surface area (Å²) < 4.78 is 5.54. The molecule has 0 aromatic heterocycles. The lowest BCUT2D eigenvalue weighted by Gasteiger charge is -2.16. The van der Waals surface area contributed by atoms with Crippen molar-refractivity contribution >= 4 is 15.9 Å². The van der Waals surface area contributed by atoms with Crippen molar-refractivity contribution in [3.8, 4) is 0 Å². The quantitative estimate of drug-likeness (QED) is 0.488. The molecule has 2 heteroatoms. The zero-order valence-electron chi connectivity index (χ0n) is 6.53. The molecule has 2 aliphatic rings. The predicted octanol–water partition coefficient (Wildman–Crippen LogP) is 2.97. The van der Waals surface area contributed by atoms with E-state index in [1.54, 1.807) is 0 Å². The zero-order valence-corrected chi connectivity index (χ0v) is 8.12. The van der Waals surface area contributed by atoms with Gasteiger partial charge < -0.3 is 4.74 Å². The fourth-order valence-corrected chi connectivity index (χ4v) is 2.77. The van der Waals surface area contributed by atoms with Gasteiger partial charge in [0.1, 0.15) is 6.10 Å². The van der Waals surface area contributed by atoms with Gasteiger partial charge >= 0.3 is 0 Å². The molecule has 1 fully saturated rings. The van der Waals surface area contributed by atoms with Crippen LogP contribution in [0.2, 0.25) is 0 Å². The van der Waals surface area contributed by atoms with Gasteiger partial charge in [-0.25, -0.2) is 0 Å². The average Bonchev–Trinajstić information content (AvgIpc) is 2.84. The van der Waals surface area contributed by atoms with E-state index in [1.807, 2.05) is 0 Å². The van der Waals surface area contributed by atoms with Gasteiger partial charge in [-0.3, -0.25) is 0 Å². The maximum Gasteiger partial charge on any atom is 0.110 e. The van der Waals surface area contributed by atoms with E-state index in [0.29, 0.717) is 17.0 Å². The van der Waals surface area contributed by atoms with E-state index in [0.717, 1.165) is 6.42 Å². The summed E-state index contributed by atoms with van der Waals surface area (Å²) >= 11 is 3.67. The summed E-state index contributed by atoms with van der Waals surface area (Å²) in [7, 11) is 0. The van der Waals surface area contributed by atoms with Crippen LogP contribution in [0.3, 0.4) is 0 Å². The summed E-state index contributed by atoms with van der Waals surface area (Å²) in [6.07, 6.45) is 2.03. The monoisotopic (exact) mass is 224 g/mol. The Bertz CT molecular complexity index is 308. The molecular weight excluding hydrogens is 216 g/mol. The van der Waals surface area contributed by atoms with Crippen LogP contribution in [-0.2, 0) is 4.74 Å². The molecule has 1 aromatic rings. The molecule has 0 N–H and O–H groups in total. The minimum atomic E-state index is 0.412. The number of epoxide rings is 1.